The summed E-state index contributed by atoms with van der Waals surface area (Å²) in [4.78, 5) is 27.6. The highest BCUT2D eigenvalue weighted by Gasteiger charge is 2.37. The predicted octanol–water partition coefficient (Wildman–Crippen LogP) is 4.15. The van der Waals surface area contributed by atoms with Crippen LogP contribution in [-0.2, 0) is 21.5 Å². The summed E-state index contributed by atoms with van der Waals surface area (Å²) in [6, 6.07) is 15.9. The van der Waals surface area contributed by atoms with E-state index >= 15 is 0 Å². The molecule has 0 radical (unpaired) electrons. The Kier molecular flexibility index (Phi) is 7.67. The highest BCUT2D eigenvalue weighted by atomic mass is 79.9. The van der Waals surface area contributed by atoms with Crippen LogP contribution < -0.4 is 0 Å². The van der Waals surface area contributed by atoms with Gasteiger partial charge < -0.3 is 24.4 Å². The van der Waals surface area contributed by atoms with Crippen LogP contribution in [0.2, 0.25) is 0 Å². The Labute approximate surface area is 202 Å². The molecule has 2 aromatic carbocycles. The number of hydrogen-bond acceptors (Lipinski definition) is 4. The standard InChI is InChI=1S/C25H29BrN2O5/c26-22-15-19(14-20(16-22)23(29)27-10-12-32-13-11-27)17-33-18-25(21-4-2-1-3-5-21)6-8-28(9-7-25)24(30)31/h1-5,14-16H,6-13,17-18H2,(H,30,31). The number of hydrogen-bond donors (Lipinski definition) is 1. The van der Waals surface area contributed by atoms with Crippen molar-refractivity contribution in [1.82, 2.24) is 9.80 Å². The van der Waals surface area contributed by atoms with E-state index in [0.29, 0.717) is 71.0 Å². The first-order valence-electron chi connectivity index (χ1n) is 11.2. The molecule has 0 aromatic heterocycles. The molecule has 0 saturated carbocycles. The Hall–Kier alpha value is -2.42. The summed E-state index contributed by atoms with van der Waals surface area (Å²) in [5, 5.41) is 9.35. The molecule has 2 aromatic rings. The Balaban J connectivity index is 1.44. The van der Waals surface area contributed by atoms with E-state index in [1.807, 2.05) is 41.3 Å². The van der Waals surface area contributed by atoms with E-state index in [4.69, 9.17) is 9.47 Å². The van der Waals surface area contributed by atoms with Gasteiger partial charge in [-0.2, -0.15) is 0 Å². The van der Waals surface area contributed by atoms with Gasteiger partial charge in [0.05, 0.1) is 26.4 Å². The van der Waals surface area contributed by atoms with Crippen LogP contribution in [0.1, 0.15) is 34.3 Å². The second-order valence-electron chi connectivity index (χ2n) is 8.66. The zero-order chi connectivity index (χ0) is 23.3. The Bertz CT molecular complexity index is 970. The van der Waals surface area contributed by atoms with Crippen LogP contribution in [0.15, 0.2) is 53.0 Å². The van der Waals surface area contributed by atoms with E-state index in [-0.39, 0.29) is 11.3 Å². The number of likely N-dealkylation sites (tertiary alicyclic amines) is 1. The van der Waals surface area contributed by atoms with Crippen LogP contribution in [0.25, 0.3) is 0 Å². The number of halogens is 1. The number of benzene rings is 2. The minimum Gasteiger partial charge on any atom is -0.465 e. The van der Waals surface area contributed by atoms with E-state index in [1.165, 1.54) is 10.5 Å². The molecule has 2 heterocycles. The molecule has 0 unspecified atom stereocenters. The van der Waals surface area contributed by atoms with E-state index in [2.05, 4.69) is 28.1 Å². The largest absolute Gasteiger partial charge is 0.465 e. The van der Waals surface area contributed by atoms with Gasteiger partial charge in [-0.1, -0.05) is 46.3 Å². The quantitative estimate of drug-likeness (QED) is 0.623. The molecule has 0 aliphatic carbocycles. The van der Waals surface area contributed by atoms with E-state index in [1.54, 1.807) is 0 Å². The minimum absolute atomic E-state index is 0.00245. The number of carboxylic acid groups (broad SMARTS) is 1. The average Bonchev–Trinajstić information content (AvgIpc) is 2.84. The molecule has 4 rings (SSSR count). The van der Waals surface area contributed by atoms with Gasteiger partial charge in [-0.15, -0.1) is 0 Å². The SMILES string of the molecule is O=C(O)N1CCC(COCc2cc(Br)cc(C(=O)N3CCOCC3)c2)(c2ccccc2)CC1. The molecule has 176 valence electrons. The van der Waals surface area contributed by atoms with Gasteiger partial charge in [-0.3, -0.25) is 4.79 Å². The Morgan fingerprint density at radius 1 is 1.00 bits per heavy atom. The number of morpholine rings is 1. The summed E-state index contributed by atoms with van der Waals surface area (Å²) in [5.41, 5.74) is 2.50. The molecule has 2 fully saturated rings. The lowest BCUT2D eigenvalue weighted by Gasteiger charge is -2.41. The monoisotopic (exact) mass is 516 g/mol. The van der Waals surface area contributed by atoms with Gasteiger partial charge in [0.25, 0.3) is 5.91 Å². The van der Waals surface area contributed by atoms with Crippen LogP contribution >= 0.6 is 15.9 Å². The Morgan fingerprint density at radius 2 is 1.70 bits per heavy atom. The first-order valence-corrected chi connectivity index (χ1v) is 12.0. The van der Waals surface area contributed by atoms with Crippen molar-refractivity contribution in [3.05, 3.63) is 69.7 Å². The smallest absolute Gasteiger partial charge is 0.407 e. The van der Waals surface area contributed by atoms with Crippen molar-refractivity contribution in [2.24, 2.45) is 0 Å². The molecule has 8 heteroatoms. The maximum atomic E-state index is 12.9. The van der Waals surface area contributed by atoms with Gasteiger partial charge in [0.15, 0.2) is 0 Å². The molecular formula is C25H29BrN2O5. The number of carbonyl (C=O) groups is 2. The third-order valence-corrected chi connectivity index (χ3v) is 6.98. The second kappa shape index (κ2) is 10.7. The molecule has 2 saturated heterocycles. The number of piperidine rings is 1. The van der Waals surface area contributed by atoms with Crippen molar-refractivity contribution in [2.45, 2.75) is 24.9 Å². The minimum atomic E-state index is -0.871. The van der Waals surface area contributed by atoms with Crippen LogP contribution in [0.3, 0.4) is 0 Å². The molecule has 0 spiro atoms. The van der Waals surface area contributed by atoms with Crippen molar-refractivity contribution in [2.75, 3.05) is 46.0 Å². The zero-order valence-electron chi connectivity index (χ0n) is 18.5. The summed E-state index contributed by atoms with van der Waals surface area (Å²) < 4.78 is 12.4. The number of amides is 2. The van der Waals surface area contributed by atoms with Crippen molar-refractivity contribution in [3.8, 4) is 0 Å². The molecule has 2 aliphatic heterocycles. The fourth-order valence-corrected chi connectivity index (χ4v) is 5.15. The van der Waals surface area contributed by atoms with Gasteiger partial charge >= 0.3 is 6.09 Å². The lowest BCUT2D eigenvalue weighted by Crippen LogP contribution is -2.47. The fourth-order valence-electron chi connectivity index (χ4n) is 4.60. The van der Waals surface area contributed by atoms with Gasteiger partial charge in [0, 0.05) is 41.6 Å². The molecule has 2 aliphatic rings. The van der Waals surface area contributed by atoms with Gasteiger partial charge in [0.1, 0.15) is 0 Å². The summed E-state index contributed by atoms with van der Waals surface area (Å²) in [7, 11) is 0. The molecule has 0 atom stereocenters. The third-order valence-electron chi connectivity index (χ3n) is 6.53. The maximum Gasteiger partial charge on any atom is 0.407 e. The summed E-state index contributed by atoms with van der Waals surface area (Å²) in [6.45, 7) is 4.18. The number of ether oxygens (including phenoxy) is 2. The first kappa shape index (κ1) is 23.7. The van der Waals surface area contributed by atoms with E-state index in [0.717, 1.165) is 10.0 Å². The van der Waals surface area contributed by atoms with Crippen molar-refractivity contribution in [3.63, 3.8) is 0 Å². The lowest BCUT2D eigenvalue weighted by atomic mass is 9.73. The molecular weight excluding hydrogens is 488 g/mol. The summed E-state index contributed by atoms with van der Waals surface area (Å²) in [6.07, 6.45) is 0.551. The van der Waals surface area contributed by atoms with Gasteiger partial charge in [-0.25, -0.2) is 4.79 Å². The molecule has 2 amide bonds. The molecule has 33 heavy (non-hydrogen) atoms. The maximum absolute atomic E-state index is 12.9. The highest BCUT2D eigenvalue weighted by molar-refractivity contribution is 9.10. The van der Waals surface area contributed by atoms with Crippen LogP contribution in [0, 0.1) is 0 Å². The Morgan fingerprint density at radius 3 is 2.36 bits per heavy atom. The molecule has 7 nitrogen and oxygen atoms in total. The molecule has 0 bridgehead atoms. The topological polar surface area (TPSA) is 79.3 Å². The van der Waals surface area contributed by atoms with Crippen molar-refractivity contribution >= 4 is 27.9 Å². The van der Waals surface area contributed by atoms with Crippen LogP contribution in [-0.4, -0.2) is 72.9 Å². The average molecular weight is 517 g/mol. The second-order valence-corrected chi connectivity index (χ2v) is 9.58. The lowest BCUT2D eigenvalue weighted by molar-refractivity contribution is 0.0300. The number of rotatable bonds is 6. The van der Waals surface area contributed by atoms with Crippen LogP contribution in [0.4, 0.5) is 4.79 Å². The van der Waals surface area contributed by atoms with E-state index in [9.17, 15) is 14.7 Å². The third kappa shape index (κ3) is 5.75. The van der Waals surface area contributed by atoms with E-state index < -0.39 is 6.09 Å². The predicted molar refractivity (Wildman–Crippen MR) is 127 cm³/mol. The first-order chi connectivity index (χ1) is 16.0. The van der Waals surface area contributed by atoms with Crippen LogP contribution in [0.5, 0.6) is 0 Å². The summed E-state index contributed by atoms with van der Waals surface area (Å²) in [5.74, 6) is 0.00245. The van der Waals surface area contributed by atoms with Crippen molar-refractivity contribution in [1.29, 1.82) is 0 Å². The summed E-state index contributed by atoms with van der Waals surface area (Å²) >= 11 is 3.53. The number of carbonyl (C=O) groups excluding carboxylic acids is 1. The zero-order valence-corrected chi connectivity index (χ0v) is 20.1. The van der Waals surface area contributed by atoms with Gasteiger partial charge in [0.2, 0.25) is 0 Å². The normalized spacial score (nSPS) is 18.2. The van der Waals surface area contributed by atoms with Gasteiger partial charge in [-0.05, 0) is 42.2 Å². The molecule has 1 N–H and O–H groups in total. The van der Waals surface area contributed by atoms with Crippen molar-refractivity contribution < 1.29 is 24.2 Å². The fraction of sp³-hybridized carbons (Fsp3) is 0.440. The highest BCUT2D eigenvalue weighted by Crippen LogP contribution is 2.36. The number of nitrogens with zero attached hydrogens (tertiary/aromatic N) is 2.